The first-order valence-corrected chi connectivity index (χ1v) is 5.01. The molecule has 0 fully saturated rings. The van der Waals surface area contributed by atoms with Gasteiger partial charge in [0.25, 0.3) is 0 Å². The Hall–Kier alpha value is -1.75. The topological polar surface area (TPSA) is 64.9 Å². The number of aryl methyl sites for hydroxylation is 1. The Balaban J connectivity index is 2.28. The summed E-state index contributed by atoms with van der Waals surface area (Å²) >= 11 is 0. The molecule has 0 aliphatic rings. The molecule has 0 bridgehead atoms. The molecular formula is C11H12FN3O. The van der Waals surface area contributed by atoms with Gasteiger partial charge in [-0.05, 0) is 11.6 Å². The van der Waals surface area contributed by atoms with E-state index in [2.05, 4.69) is 10.1 Å². The molecule has 0 spiro atoms. The van der Waals surface area contributed by atoms with Crippen molar-refractivity contribution in [2.24, 2.45) is 5.73 Å². The van der Waals surface area contributed by atoms with Crippen molar-refractivity contribution in [2.75, 3.05) is 6.67 Å². The standard InChI is InChI=1S/C11H12FN3O/c12-5-4-8-2-1-3-9(6-8)11-14-10(7-13)16-15-11/h1-3,6H,4-5,7,13H2. The van der Waals surface area contributed by atoms with Gasteiger partial charge in [-0.25, -0.2) is 0 Å². The van der Waals surface area contributed by atoms with Gasteiger partial charge in [-0.15, -0.1) is 0 Å². The van der Waals surface area contributed by atoms with Gasteiger partial charge < -0.3 is 10.3 Å². The summed E-state index contributed by atoms with van der Waals surface area (Å²) in [5.74, 6) is 0.882. The Kier molecular flexibility index (Phi) is 3.26. The van der Waals surface area contributed by atoms with Crippen molar-refractivity contribution in [1.82, 2.24) is 10.1 Å². The Bertz CT molecular complexity index is 470. The number of alkyl halides is 1. The molecule has 0 saturated heterocycles. The second-order valence-electron chi connectivity index (χ2n) is 3.36. The zero-order valence-corrected chi connectivity index (χ0v) is 8.69. The van der Waals surface area contributed by atoms with E-state index in [1.807, 2.05) is 24.3 Å². The second-order valence-corrected chi connectivity index (χ2v) is 3.36. The lowest BCUT2D eigenvalue weighted by Crippen LogP contribution is -1.95. The molecular weight excluding hydrogens is 209 g/mol. The third-order valence-corrected chi connectivity index (χ3v) is 2.21. The molecule has 5 heteroatoms. The van der Waals surface area contributed by atoms with E-state index in [-0.39, 0.29) is 13.2 Å². The highest BCUT2D eigenvalue weighted by Gasteiger charge is 2.07. The minimum absolute atomic E-state index is 0.219. The summed E-state index contributed by atoms with van der Waals surface area (Å²) in [4.78, 5) is 4.10. The molecule has 0 aliphatic carbocycles. The quantitative estimate of drug-likeness (QED) is 0.853. The van der Waals surface area contributed by atoms with Crippen molar-refractivity contribution in [1.29, 1.82) is 0 Å². The van der Waals surface area contributed by atoms with E-state index in [4.69, 9.17) is 10.3 Å². The molecule has 0 atom stereocenters. The molecule has 2 aromatic rings. The predicted octanol–water partition coefficient (Wildman–Crippen LogP) is 1.71. The first kappa shape index (κ1) is 10.8. The number of halogens is 1. The Morgan fingerprint density at radius 2 is 2.25 bits per heavy atom. The van der Waals surface area contributed by atoms with Crippen LogP contribution in [0.15, 0.2) is 28.8 Å². The highest BCUT2D eigenvalue weighted by molar-refractivity contribution is 5.55. The zero-order valence-electron chi connectivity index (χ0n) is 8.69. The van der Waals surface area contributed by atoms with Crippen molar-refractivity contribution in [3.63, 3.8) is 0 Å². The number of nitrogens with two attached hydrogens (primary N) is 1. The van der Waals surface area contributed by atoms with E-state index in [0.717, 1.165) is 11.1 Å². The van der Waals surface area contributed by atoms with Crippen LogP contribution < -0.4 is 5.73 Å². The van der Waals surface area contributed by atoms with Crippen LogP contribution in [0.5, 0.6) is 0 Å². The van der Waals surface area contributed by atoms with E-state index in [1.54, 1.807) is 0 Å². The third kappa shape index (κ3) is 2.25. The predicted molar refractivity (Wildman–Crippen MR) is 57.3 cm³/mol. The molecule has 2 N–H and O–H groups in total. The van der Waals surface area contributed by atoms with Crippen LogP contribution in [0.1, 0.15) is 11.5 Å². The smallest absolute Gasteiger partial charge is 0.240 e. The van der Waals surface area contributed by atoms with E-state index < -0.39 is 0 Å². The van der Waals surface area contributed by atoms with E-state index >= 15 is 0 Å². The third-order valence-electron chi connectivity index (χ3n) is 2.21. The Labute approximate surface area is 92.3 Å². The molecule has 0 saturated carbocycles. The lowest BCUT2D eigenvalue weighted by atomic mass is 10.1. The molecule has 0 aliphatic heterocycles. The molecule has 0 unspecified atom stereocenters. The van der Waals surface area contributed by atoms with Gasteiger partial charge in [0.15, 0.2) is 0 Å². The van der Waals surface area contributed by atoms with Crippen LogP contribution in [0.3, 0.4) is 0 Å². The lowest BCUT2D eigenvalue weighted by molar-refractivity contribution is 0.380. The molecule has 0 radical (unpaired) electrons. The molecule has 4 nitrogen and oxygen atoms in total. The molecule has 2 rings (SSSR count). The average molecular weight is 221 g/mol. The normalized spacial score (nSPS) is 10.6. The Morgan fingerprint density at radius 1 is 1.38 bits per heavy atom. The lowest BCUT2D eigenvalue weighted by Gasteiger charge is -1.99. The second kappa shape index (κ2) is 4.85. The fourth-order valence-electron chi connectivity index (χ4n) is 1.43. The van der Waals surface area contributed by atoms with Gasteiger partial charge in [-0.1, -0.05) is 23.4 Å². The zero-order chi connectivity index (χ0) is 11.4. The minimum Gasteiger partial charge on any atom is -0.338 e. The number of rotatable bonds is 4. The summed E-state index contributed by atoms with van der Waals surface area (Å²) in [6.45, 7) is -0.152. The summed E-state index contributed by atoms with van der Waals surface area (Å²) in [5, 5.41) is 3.80. The van der Waals surface area contributed by atoms with Gasteiger partial charge in [0.05, 0.1) is 13.2 Å². The summed E-state index contributed by atoms with van der Waals surface area (Å²) in [5.41, 5.74) is 7.10. The largest absolute Gasteiger partial charge is 0.338 e. The van der Waals surface area contributed by atoms with Crippen LogP contribution >= 0.6 is 0 Å². The van der Waals surface area contributed by atoms with Crippen LogP contribution in [-0.2, 0) is 13.0 Å². The number of aromatic nitrogens is 2. The highest BCUT2D eigenvalue weighted by Crippen LogP contribution is 2.17. The fraction of sp³-hybridized carbons (Fsp3) is 0.273. The molecule has 84 valence electrons. The maximum Gasteiger partial charge on any atom is 0.240 e. The maximum absolute atomic E-state index is 12.2. The van der Waals surface area contributed by atoms with Crippen molar-refractivity contribution < 1.29 is 8.91 Å². The van der Waals surface area contributed by atoms with Crippen LogP contribution in [0, 0.1) is 0 Å². The number of nitrogens with zero attached hydrogens (tertiary/aromatic N) is 2. The first-order chi connectivity index (χ1) is 7.83. The number of hydrogen-bond acceptors (Lipinski definition) is 4. The van der Waals surface area contributed by atoms with Crippen LogP contribution in [0.2, 0.25) is 0 Å². The van der Waals surface area contributed by atoms with Gasteiger partial charge in [0.1, 0.15) is 0 Å². The van der Waals surface area contributed by atoms with E-state index in [1.165, 1.54) is 0 Å². The maximum atomic E-state index is 12.2. The van der Waals surface area contributed by atoms with Gasteiger partial charge >= 0.3 is 0 Å². The fourth-order valence-corrected chi connectivity index (χ4v) is 1.43. The molecule has 1 aromatic heterocycles. The SMILES string of the molecule is NCc1nc(-c2cccc(CCF)c2)no1. The van der Waals surface area contributed by atoms with Crippen LogP contribution in [0.25, 0.3) is 11.4 Å². The van der Waals surface area contributed by atoms with Gasteiger partial charge in [-0.3, -0.25) is 4.39 Å². The summed E-state index contributed by atoms with van der Waals surface area (Å²) in [6.07, 6.45) is 0.398. The van der Waals surface area contributed by atoms with Crippen molar-refractivity contribution in [3.8, 4) is 11.4 Å². The summed E-state index contributed by atoms with van der Waals surface area (Å²) < 4.78 is 17.1. The summed E-state index contributed by atoms with van der Waals surface area (Å²) in [7, 11) is 0. The Morgan fingerprint density at radius 3 is 2.94 bits per heavy atom. The number of benzene rings is 1. The van der Waals surface area contributed by atoms with Gasteiger partial charge in [0.2, 0.25) is 11.7 Å². The molecule has 16 heavy (non-hydrogen) atoms. The van der Waals surface area contributed by atoms with Crippen LogP contribution in [0.4, 0.5) is 4.39 Å². The highest BCUT2D eigenvalue weighted by atomic mass is 19.1. The van der Waals surface area contributed by atoms with Gasteiger partial charge in [0, 0.05) is 12.0 Å². The van der Waals surface area contributed by atoms with Crippen molar-refractivity contribution in [2.45, 2.75) is 13.0 Å². The van der Waals surface area contributed by atoms with E-state index in [0.29, 0.717) is 18.1 Å². The average Bonchev–Trinajstić information content (AvgIpc) is 2.78. The molecule has 1 aromatic carbocycles. The first-order valence-electron chi connectivity index (χ1n) is 5.01. The monoisotopic (exact) mass is 221 g/mol. The van der Waals surface area contributed by atoms with Crippen molar-refractivity contribution in [3.05, 3.63) is 35.7 Å². The minimum atomic E-state index is -0.371. The summed E-state index contributed by atoms with van der Waals surface area (Å²) in [6, 6.07) is 7.42. The van der Waals surface area contributed by atoms with Crippen molar-refractivity contribution >= 4 is 0 Å². The molecule has 1 heterocycles. The van der Waals surface area contributed by atoms with E-state index in [9.17, 15) is 4.39 Å². The molecule has 0 amide bonds. The number of hydrogen-bond donors (Lipinski definition) is 1. The van der Waals surface area contributed by atoms with Gasteiger partial charge in [-0.2, -0.15) is 4.98 Å². The van der Waals surface area contributed by atoms with Crippen LogP contribution in [-0.4, -0.2) is 16.8 Å².